The van der Waals surface area contributed by atoms with Crippen LogP contribution in [0.5, 0.6) is 5.75 Å². The molecule has 0 heterocycles. The van der Waals surface area contributed by atoms with E-state index in [0.717, 1.165) is 12.5 Å². The lowest BCUT2D eigenvalue weighted by Gasteiger charge is -2.41. The zero-order valence-corrected chi connectivity index (χ0v) is 12.4. The summed E-state index contributed by atoms with van der Waals surface area (Å²) >= 11 is 0. The molecule has 106 valence electrons. The summed E-state index contributed by atoms with van der Waals surface area (Å²) in [5.74, 6) is 1.11. The van der Waals surface area contributed by atoms with Crippen molar-refractivity contribution in [1.29, 1.82) is 0 Å². The maximum Gasteiger partial charge on any atom is 0.115 e. The van der Waals surface area contributed by atoms with Crippen molar-refractivity contribution in [3.8, 4) is 5.75 Å². The number of benzene rings is 1. The second kappa shape index (κ2) is 5.96. The Balaban J connectivity index is 1.97. The third-order valence-corrected chi connectivity index (χ3v) is 4.36. The Bertz CT molecular complexity index is 408. The molecule has 1 aliphatic carbocycles. The van der Waals surface area contributed by atoms with Gasteiger partial charge in [-0.1, -0.05) is 45.7 Å². The first-order chi connectivity index (χ1) is 8.97. The van der Waals surface area contributed by atoms with Crippen LogP contribution in [0.1, 0.15) is 52.0 Å². The average Bonchev–Trinajstić information content (AvgIpc) is 2.36. The predicted octanol–water partition coefficient (Wildman–Crippen LogP) is 4.09. The highest BCUT2D eigenvalue weighted by Crippen LogP contribution is 2.38. The van der Waals surface area contributed by atoms with Gasteiger partial charge in [-0.15, -0.1) is 0 Å². The van der Waals surface area contributed by atoms with E-state index in [-0.39, 0.29) is 0 Å². The number of rotatable bonds is 3. The van der Waals surface area contributed by atoms with Crippen LogP contribution in [0.2, 0.25) is 0 Å². The molecular weight excluding hydrogens is 234 g/mol. The monoisotopic (exact) mass is 261 g/mol. The average molecular weight is 261 g/mol. The van der Waals surface area contributed by atoms with Crippen LogP contribution >= 0.6 is 0 Å². The molecule has 2 nitrogen and oxygen atoms in total. The Hall–Kier alpha value is -1.02. The Morgan fingerprint density at radius 3 is 2.63 bits per heavy atom. The minimum Gasteiger partial charge on any atom is -0.508 e. The van der Waals surface area contributed by atoms with Crippen molar-refractivity contribution in [1.82, 2.24) is 5.32 Å². The summed E-state index contributed by atoms with van der Waals surface area (Å²) in [5, 5.41) is 13.2. The van der Waals surface area contributed by atoms with Gasteiger partial charge in [0.25, 0.3) is 0 Å². The van der Waals surface area contributed by atoms with Gasteiger partial charge in [0.15, 0.2) is 0 Å². The minimum atomic E-state index is 0.357. The van der Waals surface area contributed by atoms with Gasteiger partial charge in [0, 0.05) is 12.6 Å². The normalized spacial score (nSPS) is 24.4. The molecule has 0 radical (unpaired) electrons. The first-order valence-electron chi connectivity index (χ1n) is 7.48. The van der Waals surface area contributed by atoms with Gasteiger partial charge >= 0.3 is 0 Å². The first-order valence-corrected chi connectivity index (χ1v) is 7.48. The second-order valence-corrected chi connectivity index (χ2v) is 6.91. The molecule has 1 fully saturated rings. The summed E-state index contributed by atoms with van der Waals surface area (Å²) < 4.78 is 0. The van der Waals surface area contributed by atoms with E-state index in [2.05, 4.69) is 32.2 Å². The highest BCUT2D eigenvalue weighted by Gasteiger charge is 2.33. The van der Waals surface area contributed by atoms with Crippen molar-refractivity contribution in [2.24, 2.45) is 11.3 Å². The molecule has 2 rings (SSSR count). The summed E-state index contributed by atoms with van der Waals surface area (Å²) in [6.45, 7) is 7.91. The standard InChI is InChI=1S/C17H27NO/c1-17(2,3)15-9-4-5-10-16(15)18-12-13-7-6-8-14(19)11-13/h6-8,11,15-16,18-19H,4-5,9-10,12H2,1-3H3. The van der Waals surface area contributed by atoms with E-state index in [1.54, 1.807) is 6.07 Å². The minimum absolute atomic E-state index is 0.357. The molecule has 0 spiro atoms. The number of nitrogens with one attached hydrogen (secondary N) is 1. The van der Waals surface area contributed by atoms with Crippen molar-refractivity contribution < 1.29 is 5.11 Å². The number of hydrogen-bond acceptors (Lipinski definition) is 2. The molecule has 0 aromatic heterocycles. The molecule has 2 N–H and O–H groups in total. The Morgan fingerprint density at radius 1 is 1.21 bits per heavy atom. The Morgan fingerprint density at radius 2 is 1.95 bits per heavy atom. The molecule has 2 atom stereocenters. The van der Waals surface area contributed by atoms with Gasteiger partial charge in [0.1, 0.15) is 5.75 Å². The van der Waals surface area contributed by atoms with E-state index in [1.165, 1.54) is 31.2 Å². The Kier molecular flexibility index (Phi) is 4.51. The quantitative estimate of drug-likeness (QED) is 0.859. The lowest BCUT2D eigenvalue weighted by atomic mass is 9.69. The molecule has 0 amide bonds. The maximum atomic E-state index is 9.50. The summed E-state index contributed by atoms with van der Waals surface area (Å²) in [7, 11) is 0. The van der Waals surface area contributed by atoms with E-state index >= 15 is 0 Å². The number of phenols is 1. The van der Waals surface area contributed by atoms with E-state index < -0.39 is 0 Å². The van der Waals surface area contributed by atoms with Crippen molar-refractivity contribution in [3.05, 3.63) is 29.8 Å². The fourth-order valence-electron chi connectivity index (χ4n) is 3.33. The van der Waals surface area contributed by atoms with Gasteiger partial charge in [0.05, 0.1) is 0 Å². The zero-order valence-electron chi connectivity index (χ0n) is 12.4. The summed E-state index contributed by atoms with van der Waals surface area (Å²) in [6.07, 6.45) is 5.32. The van der Waals surface area contributed by atoms with Crippen LogP contribution in [-0.4, -0.2) is 11.1 Å². The van der Waals surface area contributed by atoms with E-state index in [0.29, 0.717) is 17.2 Å². The van der Waals surface area contributed by atoms with Gasteiger partial charge in [-0.2, -0.15) is 0 Å². The highest BCUT2D eigenvalue weighted by molar-refractivity contribution is 5.27. The smallest absolute Gasteiger partial charge is 0.115 e. The molecule has 2 unspecified atom stereocenters. The maximum absolute atomic E-state index is 9.50. The first kappa shape index (κ1) is 14.4. The molecule has 2 heteroatoms. The summed E-state index contributed by atoms with van der Waals surface area (Å²) in [6, 6.07) is 8.16. The van der Waals surface area contributed by atoms with Crippen LogP contribution in [0.15, 0.2) is 24.3 Å². The predicted molar refractivity (Wildman–Crippen MR) is 80.1 cm³/mol. The van der Waals surface area contributed by atoms with Crippen LogP contribution < -0.4 is 5.32 Å². The van der Waals surface area contributed by atoms with Gasteiger partial charge in [-0.25, -0.2) is 0 Å². The van der Waals surface area contributed by atoms with Crippen molar-refractivity contribution in [2.75, 3.05) is 0 Å². The summed E-state index contributed by atoms with van der Waals surface area (Å²) in [5.41, 5.74) is 1.54. The van der Waals surface area contributed by atoms with Crippen LogP contribution in [0.3, 0.4) is 0 Å². The molecule has 1 aromatic rings. The van der Waals surface area contributed by atoms with Crippen molar-refractivity contribution in [3.63, 3.8) is 0 Å². The van der Waals surface area contributed by atoms with E-state index in [9.17, 15) is 5.11 Å². The molecule has 1 aliphatic rings. The van der Waals surface area contributed by atoms with Crippen LogP contribution in [-0.2, 0) is 6.54 Å². The molecule has 0 aliphatic heterocycles. The second-order valence-electron chi connectivity index (χ2n) is 6.91. The highest BCUT2D eigenvalue weighted by atomic mass is 16.3. The molecule has 0 bridgehead atoms. The zero-order chi connectivity index (χ0) is 13.9. The van der Waals surface area contributed by atoms with Crippen LogP contribution in [0.4, 0.5) is 0 Å². The molecule has 0 saturated heterocycles. The largest absolute Gasteiger partial charge is 0.508 e. The fourth-order valence-corrected chi connectivity index (χ4v) is 3.33. The molecule has 1 saturated carbocycles. The van der Waals surface area contributed by atoms with E-state index in [1.807, 2.05) is 12.1 Å². The van der Waals surface area contributed by atoms with Crippen LogP contribution in [0.25, 0.3) is 0 Å². The lowest BCUT2D eigenvalue weighted by molar-refractivity contribution is 0.130. The molecule has 1 aromatic carbocycles. The van der Waals surface area contributed by atoms with Gasteiger partial charge in [-0.05, 0) is 41.9 Å². The number of hydrogen-bond donors (Lipinski definition) is 2. The van der Waals surface area contributed by atoms with Crippen molar-refractivity contribution >= 4 is 0 Å². The third-order valence-electron chi connectivity index (χ3n) is 4.36. The molecular formula is C17H27NO. The number of aromatic hydroxyl groups is 1. The van der Waals surface area contributed by atoms with Gasteiger partial charge in [0.2, 0.25) is 0 Å². The fraction of sp³-hybridized carbons (Fsp3) is 0.647. The van der Waals surface area contributed by atoms with Crippen LogP contribution in [0, 0.1) is 11.3 Å². The van der Waals surface area contributed by atoms with E-state index in [4.69, 9.17) is 0 Å². The lowest BCUT2D eigenvalue weighted by Crippen LogP contribution is -2.43. The SMILES string of the molecule is CC(C)(C)C1CCCCC1NCc1cccc(O)c1. The van der Waals surface area contributed by atoms with Gasteiger partial charge in [-0.3, -0.25) is 0 Å². The third kappa shape index (κ3) is 3.97. The van der Waals surface area contributed by atoms with Crippen molar-refractivity contribution in [2.45, 2.75) is 59.0 Å². The van der Waals surface area contributed by atoms with Gasteiger partial charge < -0.3 is 10.4 Å². The summed E-state index contributed by atoms with van der Waals surface area (Å²) in [4.78, 5) is 0. The molecule has 19 heavy (non-hydrogen) atoms. The Labute approximate surface area is 117 Å². The number of phenolic OH excluding ortho intramolecular Hbond substituents is 1. The topological polar surface area (TPSA) is 32.3 Å².